The molecule has 1 heterocycles. The SMILES string of the molecule is CN(C)CCNc1nccc(Nc2ccc(Oc3ccccc3)cc2)n1. The van der Waals surface area contributed by atoms with Crippen LogP contribution in [0.15, 0.2) is 66.9 Å². The Morgan fingerprint density at radius 1 is 0.923 bits per heavy atom. The number of para-hydroxylation sites is 1. The van der Waals surface area contributed by atoms with Crippen molar-refractivity contribution >= 4 is 17.5 Å². The van der Waals surface area contributed by atoms with Crippen molar-refractivity contribution in [1.82, 2.24) is 14.9 Å². The average Bonchev–Trinajstić information content (AvgIpc) is 2.64. The van der Waals surface area contributed by atoms with E-state index in [1.54, 1.807) is 6.20 Å². The van der Waals surface area contributed by atoms with Gasteiger partial charge in [-0.15, -0.1) is 0 Å². The van der Waals surface area contributed by atoms with Crippen LogP contribution in [-0.2, 0) is 0 Å². The number of rotatable bonds is 8. The van der Waals surface area contributed by atoms with Gasteiger partial charge in [-0.1, -0.05) is 18.2 Å². The highest BCUT2D eigenvalue weighted by atomic mass is 16.5. The van der Waals surface area contributed by atoms with E-state index in [0.717, 1.165) is 36.1 Å². The lowest BCUT2D eigenvalue weighted by molar-refractivity contribution is 0.425. The summed E-state index contributed by atoms with van der Waals surface area (Å²) in [6.45, 7) is 1.71. The molecule has 0 fully saturated rings. The lowest BCUT2D eigenvalue weighted by Gasteiger charge is -2.11. The first-order valence-corrected chi connectivity index (χ1v) is 8.51. The van der Waals surface area contributed by atoms with Crippen molar-refractivity contribution in [3.8, 4) is 11.5 Å². The Balaban J connectivity index is 1.58. The van der Waals surface area contributed by atoms with Crippen LogP contribution in [0.2, 0.25) is 0 Å². The zero-order valence-electron chi connectivity index (χ0n) is 15.0. The van der Waals surface area contributed by atoms with Crippen LogP contribution >= 0.6 is 0 Å². The Bertz CT molecular complexity index is 806. The minimum absolute atomic E-state index is 0.612. The maximum absolute atomic E-state index is 5.80. The number of likely N-dealkylation sites (N-methyl/N-ethyl adjacent to an activating group) is 1. The summed E-state index contributed by atoms with van der Waals surface area (Å²) >= 11 is 0. The second-order valence-electron chi connectivity index (χ2n) is 6.06. The molecule has 2 aromatic carbocycles. The van der Waals surface area contributed by atoms with Gasteiger partial charge < -0.3 is 20.3 Å². The molecule has 0 aliphatic carbocycles. The summed E-state index contributed by atoms with van der Waals surface area (Å²) in [6, 6.07) is 19.3. The maximum atomic E-state index is 5.80. The predicted molar refractivity (Wildman–Crippen MR) is 105 cm³/mol. The summed E-state index contributed by atoms with van der Waals surface area (Å²) in [7, 11) is 4.07. The van der Waals surface area contributed by atoms with Gasteiger partial charge in [0.1, 0.15) is 17.3 Å². The molecule has 0 atom stereocenters. The first-order valence-electron chi connectivity index (χ1n) is 8.51. The monoisotopic (exact) mass is 349 g/mol. The zero-order chi connectivity index (χ0) is 18.2. The third-order valence-corrected chi connectivity index (χ3v) is 3.60. The predicted octanol–water partition coefficient (Wildman–Crippen LogP) is 3.99. The standard InChI is InChI=1S/C20H23N5O/c1-25(2)15-14-22-20-21-13-12-19(24-20)23-16-8-10-18(11-9-16)26-17-6-4-3-5-7-17/h3-13H,14-15H2,1-2H3,(H2,21,22,23,24). The van der Waals surface area contributed by atoms with Gasteiger partial charge >= 0.3 is 0 Å². The minimum atomic E-state index is 0.612. The normalized spacial score (nSPS) is 10.6. The van der Waals surface area contributed by atoms with Crippen molar-refractivity contribution < 1.29 is 4.74 Å². The molecule has 0 spiro atoms. The van der Waals surface area contributed by atoms with Gasteiger partial charge in [-0.2, -0.15) is 4.98 Å². The van der Waals surface area contributed by atoms with Gasteiger partial charge in [-0.3, -0.25) is 0 Å². The van der Waals surface area contributed by atoms with Crippen molar-refractivity contribution in [3.05, 3.63) is 66.9 Å². The van der Waals surface area contributed by atoms with Crippen LogP contribution in [0.25, 0.3) is 0 Å². The lowest BCUT2D eigenvalue weighted by Crippen LogP contribution is -2.21. The Morgan fingerprint density at radius 2 is 1.65 bits per heavy atom. The number of hydrogen-bond donors (Lipinski definition) is 2. The Morgan fingerprint density at radius 3 is 2.38 bits per heavy atom. The molecule has 6 heteroatoms. The highest BCUT2D eigenvalue weighted by Gasteiger charge is 2.02. The van der Waals surface area contributed by atoms with Crippen LogP contribution in [0, 0.1) is 0 Å². The molecule has 134 valence electrons. The summed E-state index contributed by atoms with van der Waals surface area (Å²) in [5, 5.41) is 6.49. The number of hydrogen-bond acceptors (Lipinski definition) is 6. The number of nitrogens with one attached hydrogen (secondary N) is 2. The van der Waals surface area contributed by atoms with E-state index in [2.05, 4.69) is 25.5 Å². The molecule has 0 aliphatic heterocycles. The van der Waals surface area contributed by atoms with E-state index in [9.17, 15) is 0 Å². The number of benzene rings is 2. The van der Waals surface area contributed by atoms with Gasteiger partial charge in [0.15, 0.2) is 0 Å². The van der Waals surface area contributed by atoms with Crippen LogP contribution in [0.3, 0.4) is 0 Å². The van der Waals surface area contributed by atoms with Crippen LogP contribution < -0.4 is 15.4 Å². The number of anilines is 3. The summed E-state index contributed by atoms with van der Waals surface area (Å²) in [5.74, 6) is 2.96. The lowest BCUT2D eigenvalue weighted by atomic mass is 10.3. The van der Waals surface area contributed by atoms with Gasteiger partial charge in [-0.25, -0.2) is 4.98 Å². The van der Waals surface area contributed by atoms with E-state index < -0.39 is 0 Å². The number of aromatic nitrogens is 2. The van der Waals surface area contributed by atoms with Gasteiger partial charge in [0.25, 0.3) is 0 Å². The van der Waals surface area contributed by atoms with Crippen molar-refractivity contribution in [1.29, 1.82) is 0 Å². The largest absolute Gasteiger partial charge is 0.457 e. The molecule has 2 N–H and O–H groups in total. The van der Waals surface area contributed by atoms with E-state index >= 15 is 0 Å². The number of nitrogens with zero attached hydrogens (tertiary/aromatic N) is 3. The first-order chi connectivity index (χ1) is 12.7. The molecule has 3 aromatic rings. The van der Waals surface area contributed by atoms with E-state index in [4.69, 9.17) is 4.74 Å². The summed E-state index contributed by atoms with van der Waals surface area (Å²) in [4.78, 5) is 10.8. The summed E-state index contributed by atoms with van der Waals surface area (Å²) in [6.07, 6.45) is 1.74. The first kappa shape index (κ1) is 17.7. The highest BCUT2D eigenvalue weighted by Crippen LogP contribution is 2.24. The van der Waals surface area contributed by atoms with E-state index in [0.29, 0.717) is 5.95 Å². The van der Waals surface area contributed by atoms with Crippen molar-refractivity contribution in [2.75, 3.05) is 37.8 Å². The molecular weight excluding hydrogens is 326 g/mol. The molecule has 1 aromatic heterocycles. The summed E-state index contributed by atoms with van der Waals surface area (Å²) in [5.41, 5.74) is 0.934. The number of ether oxygens (including phenoxy) is 1. The topological polar surface area (TPSA) is 62.3 Å². The fourth-order valence-electron chi connectivity index (χ4n) is 2.28. The quantitative estimate of drug-likeness (QED) is 0.641. The van der Waals surface area contributed by atoms with Gasteiger partial charge in [0.05, 0.1) is 0 Å². The molecule has 0 radical (unpaired) electrons. The molecule has 6 nitrogen and oxygen atoms in total. The Labute approximate surface area is 153 Å². The molecule has 0 aliphatic rings. The minimum Gasteiger partial charge on any atom is -0.457 e. The second kappa shape index (κ2) is 8.82. The smallest absolute Gasteiger partial charge is 0.224 e. The maximum Gasteiger partial charge on any atom is 0.224 e. The van der Waals surface area contributed by atoms with Gasteiger partial charge in [-0.05, 0) is 56.6 Å². The molecule has 0 saturated heterocycles. The van der Waals surface area contributed by atoms with Crippen LogP contribution in [0.4, 0.5) is 17.5 Å². The highest BCUT2D eigenvalue weighted by molar-refractivity contribution is 5.58. The van der Waals surface area contributed by atoms with Crippen LogP contribution in [0.1, 0.15) is 0 Å². The van der Waals surface area contributed by atoms with Crippen LogP contribution in [0.5, 0.6) is 11.5 Å². The molecular formula is C20H23N5O. The molecule has 26 heavy (non-hydrogen) atoms. The molecule has 3 rings (SSSR count). The Kier molecular flexibility index (Phi) is 6.01. The van der Waals surface area contributed by atoms with Crippen molar-refractivity contribution in [2.24, 2.45) is 0 Å². The third kappa shape index (κ3) is 5.46. The fourth-order valence-corrected chi connectivity index (χ4v) is 2.28. The van der Waals surface area contributed by atoms with E-state index in [1.807, 2.05) is 74.8 Å². The van der Waals surface area contributed by atoms with E-state index in [-0.39, 0.29) is 0 Å². The zero-order valence-corrected chi connectivity index (χ0v) is 15.0. The van der Waals surface area contributed by atoms with Crippen molar-refractivity contribution in [2.45, 2.75) is 0 Å². The van der Waals surface area contributed by atoms with Gasteiger partial charge in [0, 0.05) is 25.0 Å². The second-order valence-corrected chi connectivity index (χ2v) is 6.06. The Hall–Kier alpha value is -3.12. The molecule has 0 unspecified atom stereocenters. The fraction of sp³-hybridized carbons (Fsp3) is 0.200. The van der Waals surface area contributed by atoms with Crippen molar-refractivity contribution in [3.63, 3.8) is 0 Å². The third-order valence-electron chi connectivity index (χ3n) is 3.60. The molecule has 0 saturated carbocycles. The van der Waals surface area contributed by atoms with Gasteiger partial charge in [0.2, 0.25) is 5.95 Å². The summed E-state index contributed by atoms with van der Waals surface area (Å²) < 4.78 is 5.80. The molecule has 0 bridgehead atoms. The molecule has 0 amide bonds. The van der Waals surface area contributed by atoms with E-state index in [1.165, 1.54) is 0 Å². The van der Waals surface area contributed by atoms with Crippen LogP contribution in [-0.4, -0.2) is 42.1 Å². The average molecular weight is 349 g/mol.